The van der Waals surface area contributed by atoms with Crippen LogP contribution in [0.1, 0.15) is 12.8 Å². The average Bonchev–Trinajstić information content (AvgIpc) is 2.23. The molecule has 0 amide bonds. The Morgan fingerprint density at radius 1 is 0.727 bits per heavy atom. The fourth-order valence-electron chi connectivity index (χ4n) is 1.08. The predicted molar refractivity (Wildman–Crippen MR) is 48.5 cm³/mol. The van der Waals surface area contributed by atoms with Crippen LogP contribution >= 0.6 is 0 Å². The number of rotatable bonds is 6. The molecule has 0 aromatic heterocycles. The lowest BCUT2D eigenvalue weighted by Crippen LogP contribution is -2.40. The number of hydrogen-bond donors (Lipinski definition) is 0. The van der Waals surface area contributed by atoms with E-state index >= 15 is 0 Å². The van der Waals surface area contributed by atoms with Gasteiger partial charge in [0.2, 0.25) is 25.1 Å². The number of ether oxygens (including phenoxy) is 2. The van der Waals surface area contributed by atoms with Gasteiger partial charge in [0.05, 0.1) is 12.8 Å². The first-order valence-corrected chi connectivity index (χ1v) is 5.30. The van der Waals surface area contributed by atoms with Crippen LogP contribution in [0.2, 0.25) is 0 Å². The van der Waals surface area contributed by atoms with Gasteiger partial charge in [0.1, 0.15) is 0 Å². The van der Waals surface area contributed by atoms with Crippen molar-refractivity contribution in [2.45, 2.75) is 50.3 Å². The van der Waals surface area contributed by atoms with Crippen molar-refractivity contribution in [2.75, 3.05) is 0 Å². The summed E-state index contributed by atoms with van der Waals surface area (Å²) in [4.78, 5) is 10.8. The highest BCUT2D eigenvalue weighted by molar-refractivity contribution is 5.60. The molecule has 0 radical (unpaired) electrons. The van der Waals surface area contributed by atoms with Crippen LogP contribution in [0.25, 0.3) is 0 Å². The number of alkyl halides is 10. The van der Waals surface area contributed by atoms with Crippen molar-refractivity contribution in [3.8, 4) is 0 Å². The molecule has 0 aliphatic rings. The maximum atomic E-state index is 12.2. The Balaban J connectivity index is 4.85. The first-order chi connectivity index (χ1) is 9.73. The number of carbonyl (C=O) groups is 1. The van der Waals surface area contributed by atoms with Gasteiger partial charge in [-0.1, -0.05) is 0 Å². The standard InChI is InChI=1S/C9H8F10O3/c10-5(11)1-3(8(14,15)16)21-7(20)22-4(2-6(12)13)9(17,18)19/h3-6H,1-2H2. The molecule has 0 aromatic carbocycles. The molecule has 0 aliphatic carbocycles. The molecule has 13 heteroatoms. The van der Waals surface area contributed by atoms with E-state index in [1.165, 1.54) is 0 Å². The third-order valence-electron chi connectivity index (χ3n) is 1.99. The van der Waals surface area contributed by atoms with Gasteiger partial charge in [-0.3, -0.25) is 0 Å². The van der Waals surface area contributed by atoms with Crippen LogP contribution in [0.4, 0.5) is 48.7 Å². The minimum atomic E-state index is -5.49. The molecule has 0 saturated carbocycles. The summed E-state index contributed by atoms with van der Waals surface area (Å²) in [7, 11) is 0. The molecular formula is C9H8F10O3. The van der Waals surface area contributed by atoms with Crippen LogP contribution in [0.5, 0.6) is 0 Å². The average molecular weight is 354 g/mol. The number of halogens is 10. The molecule has 0 aliphatic heterocycles. The van der Waals surface area contributed by atoms with Crippen molar-refractivity contribution in [3.05, 3.63) is 0 Å². The molecule has 2 atom stereocenters. The minimum Gasteiger partial charge on any atom is -0.421 e. The summed E-state index contributed by atoms with van der Waals surface area (Å²) in [6, 6.07) is 0. The zero-order valence-corrected chi connectivity index (χ0v) is 10.2. The molecule has 0 saturated heterocycles. The molecule has 132 valence electrons. The summed E-state index contributed by atoms with van der Waals surface area (Å²) in [6.45, 7) is 0. The summed E-state index contributed by atoms with van der Waals surface area (Å²) >= 11 is 0. The molecule has 0 heterocycles. The lowest BCUT2D eigenvalue weighted by atomic mass is 10.2. The largest absolute Gasteiger partial charge is 0.509 e. The maximum Gasteiger partial charge on any atom is 0.509 e. The monoisotopic (exact) mass is 354 g/mol. The van der Waals surface area contributed by atoms with Crippen LogP contribution in [0, 0.1) is 0 Å². The van der Waals surface area contributed by atoms with E-state index in [1.807, 2.05) is 0 Å². The Kier molecular flexibility index (Phi) is 7.22. The van der Waals surface area contributed by atoms with Crippen molar-refractivity contribution in [1.82, 2.24) is 0 Å². The highest BCUT2D eigenvalue weighted by atomic mass is 19.4. The Hall–Kier alpha value is -1.43. The Morgan fingerprint density at radius 2 is 1.00 bits per heavy atom. The molecule has 0 rings (SSSR count). The van der Waals surface area contributed by atoms with E-state index in [-0.39, 0.29) is 0 Å². The summed E-state index contributed by atoms with van der Waals surface area (Å²) in [5.74, 6) is 0. The summed E-state index contributed by atoms with van der Waals surface area (Å²) < 4.78 is 127. The van der Waals surface area contributed by atoms with Gasteiger partial charge in [0.15, 0.2) is 0 Å². The van der Waals surface area contributed by atoms with Gasteiger partial charge >= 0.3 is 18.5 Å². The first-order valence-electron chi connectivity index (χ1n) is 5.30. The maximum absolute atomic E-state index is 12.2. The lowest BCUT2D eigenvalue weighted by Gasteiger charge is -2.23. The summed E-state index contributed by atoms with van der Waals surface area (Å²) in [6.07, 6.45) is -31.7. The molecule has 0 fully saturated rings. The predicted octanol–water partition coefficient (Wildman–Crippen LogP) is 4.31. The van der Waals surface area contributed by atoms with E-state index in [4.69, 9.17) is 0 Å². The highest BCUT2D eigenvalue weighted by Crippen LogP contribution is 2.30. The van der Waals surface area contributed by atoms with Crippen LogP contribution < -0.4 is 0 Å². The van der Waals surface area contributed by atoms with E-state index in [9.17, 15) is 48.7 Å². The van der Waals surface area contributed by atoms with Gasteiger partial charge in [0.25, 0.3) is 0 Å². The van der Waals surface area contributed by atoms with E-state index in [0.29, 0.717) is 0 Å². The fourth-order valence-corrected chi connectivity index (χ4v) is 1.08. The third kappa shape index (κ3) is 8.12. The molecular weight excluding hydrogens is 346 g/mol. The quantitative estimate of drug-likeness (QED) is 0.527. The molecule has 2 unspecified atom stereocenters. The molecule has 22 heavy (non-hydrogen) atoms. The van der Waals surface area contributed by atoms with Gasteiger partial charge in [-0.05, 0) is 0 Å². The van der Waals surface area contributed by atoms with E-state index < -0.39 is 56.4 Å². The topological polar surface area (TPSA) is 35.5 Å². The molecule has 0 bridgehead atoms. The Bertz CT molecular complexity index is 319. The Morgan fingerprint density at radius 3 is 1.18 bits per heavy atom. The molecule has 0 N–H and O–H groups in total. The highest BCUT2D eigenvalue weighted by Gasteiger charge is 2.48. The second-order valence-corrected chi connectivity index (χ2v) is 3.80. The van der Waals surface area contributed by atoms with Crippen LogP contribution in [-0.2, 0) is 9.47 Å². The van der Waals surface area contributed by atoms with Crippen LogP contribution in [0.15, 0.2) is 0 Å². The number of carbonyl (C=O) groups excluding carboxylic acids is 1. The van der Waals surface area contributed by atoms with Gasteiger partial charge in [0, 0.05) is 0 Å². The summed E-state index contributed by atoms with van der Waals surface area (Å²) in [5, 5.41) is 0. The second-order valence-electron chi connectivity index (χ2n) is 3.80. The second kappa shape index (κ2) is 7.72. The minimum absolute atomic E-state index is 2.04. The van der Waals surface area contributed by atoms with Crippen molar-refractivity contribution >= 4 is 6.16 Å². The van der Waals surface area contributed by atoms with Crippen molar-refractivity contribution in [3.63, 3.8) is 0 Å². The van der Waals surface area contributed by atoms with Crippen LogP contribution in [0.3, 0.4) is 0 Å². The van der Waals surface area contributed by atoms with Gasteiger partial charge in [-0.25, -0.2) is 22.4 Å². The van der Waals surface area contributed by atoms with Gasteiger partial charge in [-0.2, -0.15) is 26.3 Å². The van der Waals surface area contributed by atoms with Crippen LogP contribution in [-0.4, -0.2) is 43.6 Å². The zero-order valence-electron chi connectivity index (χ0n) is 10.2. The van der Waals surface area contributed by atoms with Gasteiger partial charge < -0.3 is 9.47 Å². The first kappa shape index (κ1) is 20.6. The van der Waals surface area contributed by atoms with E-state index in [0.717, 1.165) is 0 Å². The molecule has 0 spiro atoms. The SMILES string of the molecule is O=C(OC(CC(F)F)C(F)(F)F)OC(CC(F)F)C(F)(F)F. The van der Waals surface area contributed by atoms with E-state index in [2.05, 4.69) is 9.47 Å². The lowest BCUT2D eigenvalue weighted by molar-refractivity contribution is -0.238. The Labute approximate surface area is 116 Å². The van der Waals surface area contributed by atoms with Crippen molar-refractivity contribution < 1.29 is 58.2 Å². The van der Waals surface area contributed by atoms with E-state index in [1.54, 1.807) is 0 Å². The van der Waals surface area contributed by atoms with Crippen molar-refractivity contribution in [2.24, 2.45) is 0 Å². The fraction of sp³-hybridized carbons (Fsp3) is 0.889. The molecule has 3 nitrogen and oxygen atoms in total. The number of hydrogen-bond acceptors (Lipinski definition) is 3. The smallest absolute Gasteiger partial charge is 0.421 e. The van der Waals surface area contributed by atoms with Crippen molar-refractivity contribution in [1.29, 1.82) is 0 Å². The normalized spacial score (nSPS) is 15.8. The molecule has 0 aromatic rings. The van der Waals surface area contributed by atoms with Gasteiger partial charge in [-0.15, -0.1) is 0 Å². The zero-order chi connectivity index (χ0) is 17.7. The summed E-state index contributed by atoms with van der Waals surface area (Å²) in [5.41, 5.74) is 0. The third-order valence-corrected chi connectivity index (χ3v) is 1.99.